The Morgan fingerprint density at radius 2 is 1.70 bits per heavy atom. The van der Waals surface area contributed by atoms with Crippen LogP contribution in [0.3, 0.4) is 0 Å². The van der Waals surface area contributed by atoms with Crippen molar-refractivity contribution in [1.29, 1.82) is 0 Å². The SMILES string of the molecule is CC(C)N1CC2(C(Cl)c3ccccc3N2Cc2ccccc2)C(Cl)(Cl)C1=O. The van der Waals surface area contributed by atoms with E-state index < -0.39 is 15.2 Å². The Labute approximate surface area is 174 Å². The van der Waals surface area contributed by atoms with E-state index in [4.69, 9.17) is 34.8 Å². The van der Waals surface area contributed by atoms with Crippen molar-refractivity contribution in [3.8, 4) is 0 Å². The first-order valence-corrected chi connectivity index (χ1v) is 10.2. The molecule has 2 atom stereocenters. The average molecular weight is 424 g/mol. The van der Waals surface area contributed by atoms with Crippen LogP contribution in [0, 0.1) is 0 Å². The second-order valence-corrected chi connectivity index (χ2v) is 9.28. The maximum Gasteiger partial charge on any atom is 0.261 e. The first-order valence-electron chi connectivity index (χ1n) is 9.04. The number of alkyl halides is 3. The maximum absolute atomic E-state index is 13.1. The number of anilines is 1. The van der Waals surface area contributed by atoms with E-state index in [1.165, 1.54) is 0 Å². The molecular weight excluding hydrogens is 403 g/mol. The van der Waals surface area contributed by atoms with Gasteiger partial charge in [-0.2, -0.15) is 0 Å². The molecule has 142 valence electrons. The molecule has 0 aliphatic carbocycles. The van der Waals surface area contributed by atoms with E-state index in [1.54, 1.807) is 4.90 Å². The molecule has 6 heteroatoms. The van der Waals surface area contributed by atoms with Crippen LogP contribution < -0.4 is 4.90 Å². The molecular formula is C21H21Cl3N2O. The summed E-state index contributed by atoms with van der Waals surface area (Å²) in [5.74, 6) is -0.280. The number of nitrogens with zero attached hydrogens (tertiary/aromatic N) is 2. The lowest BCUT2D eigenvalue weighted by Gasteiger charge is -2.43. The first-order chi connectivity index (χ1) is 12.8. The quantitative estimate of drug-likeness (QED) is 0.637. The summed E-state index contributed by atoms with van der Waals surface area (Å²) in [6.07, 6.45) is 0. The van der Waals surface area contributed by atoms with E-state index >= 15 is 0 Å². The Hall–Kier alpha value is -1.42. The number of benzene rings is 2. The summed E-state index contributed by atoms with van der Waals surface area (Å²) in [7, 11) is 0. The summed E-state index contributed by atoms with van der Waals surface area (Å²) >= 11 is 20.6. The normalized spacial score (nSPS) is 26.3. The molecule has 1 fully saturated rings. The molecule has 2 heterocycles. The third-order valence-electron chi connectivity index (χ3n) is 5.69. The number of rotatable bonds is 3. The average Bonchev–Trinajstić information content (AvgIpc) is 3.02. The van der Waals surface area contributed by atoms with Gasteiger partial charge in [0.25, 0.3) is 5.91 Å². The van der Waals surface area contributed by atoms with Gasteiger partial charge in [0.2, 0.25) is 4.33 Å². The molecule has 1 amide bonds. The van der Waals surface area contributed by atoms with Crippen LogP contribution >= 0.6 is 34.8 Å². The van der Waals surface area contributed by atoms with Gasteiger partial charge in [-0.25, -0.2) is 0 Å². The summed E-state index contributed by atoms with van der Waals surface area (Å²) < 4.78 is -1.64. The fourth-order valence-corrected chi connectivity index (χ4v) is 5.66. The highest BCUT2D eigenvalue weighted by molar-refractivity contribution is 6.60. The summed E-state index contributed by atoms with van der Waals surface area (Å²) in [6, 6.07) is 18.0. The lowest BCUT2D eigenvalue weighted by molar-refractivity contribution is -0.129. The summed E-state index contributed by atoms with van der Waals surface area (Å²) in [5.41, 5.74) is 2.10. The first kappa shape index (κ1) is 18.9. The molecule has 0 saturated carbocycles. The van der Waals surface area contributed by atoms with Crippen molar-refractivity contribution in [1.82, 2.24) is 4.90 Å². The molecule has 0 bridgehead atoms. The highest BCUT2D eigenvalue weighted by Gasteiger charge is 2.71. The van der Waals surface area contributed by atoms with Gasteiger partial charge in [-0.3, -0.25) is 4.79 Å². The Balaban J connectivity index is 1.88. The van der Waals surface area contributed by atoms with E-state index in [2.05, 4.69) is 17.0 Å². The fourth-order valence-electron chi connectivity index (χ4n) is 4.26. The largest absolute Gasteiger partial charge is 0.354 e. The molecule has 2 unspecified atom stereocenters. The lowest BCUT2D eigenvalue weighted by atomic mass is 9.90. The molecule has 27 heavy (non-hydrogen) atoms. The summed E-state index contributed by atoms with van der Waals surface area (Å²) in [6.45, 7) is 4.88. The van der Waals surface area contributed by atoms with E-state index in [1.807, 2.05) is 56.3 Å². The Kier molecular flexibility index (Phi) is 4.61. The van der Waals surface area contributed by atoms with Gasteiger partial charge in [0.05, 0.1) is 5.38 Å². The van der Waals surface area contributed by atoms with Crippen molar-refractivity contribution in [2.45, 2.75) is 41.7 Å². The zero-order valence-electron chi connectivity index (χ0n) is 15.2. The minimum Gasteiger partial charge on any atom is -0.354 e. The number of fused-ring (bicyclic) bond motifs is 1. The highest BCUT2D eigenvalue weighted by atomic mass is 35.5. The van der Waals surface area contributed by atoms with Crippen LogP contribution in [-0.2, 0) is 11.3 Å². The maximum atomic E-state index is 13.1. The van der Waals surface area contributed by atoms with Crippen LogP contribution in [-0.4, -0.2) is 33.3 Å². The number of para-hydroxylation sites is 1. The zero-order chi connectivity index (χ0) is 19.4. The van der Waals surface area contributed by atoms with Gasteiger partial charge in [-0.15, -0.1) is 11.6 Å². The molecule has 2 aliphatic rings. The summed E-state index contributed by atoms with van der Waals surface area (Å²) in [5, 5.41) is -0.500. The molecule has 0 N–H and O–H groups in total. The molecule has 3 nitrogen and oxygen atoms in total. The van der Waals surface area contributed by atoms with Crippen molar-refractivity contribution in [2.75, 3.05) is 11.4 Å². The summed E-state index contributed by atoms with van der Waals surface area (Å²) in [4.78, 5) is 17.0. The van der Waals surface area contributed by atoms with Crippen molar-refractivity contribution >= 4 is 46.4 Å². The Morgan fingerprint density at radius 1 is 1.07 bits per heavy atom. The van der Waals surface area contributed by atoms with Crippen molar-refractivity contribution in [2.24, 2.45) is 0 Å². The third kappa shape index (κ3) is 2.59. The number of hydrogen-bond acceptors (Lipinski definition) is 2. The van der Waals surface area contributed by atoms with E-state index in [0.29, 0.717) is 13.1 Å². The Morgan fingerprint density at radius 3 is 2.33 bits per heavy atom. The predicted octanol–water partition coefficient (Wildman–Crippen LogP) is 5.15. The molecule has 1 spiro atoms. The van der Waals surface area contributed by atoms with Gasteiger partial charge in [-0.05, 0) is 31.0 Å². The minimum absolute atomic E-state index is 0.0140. The predicted molar refractivity (Wildman–Crippen MR) is 112 cm³/mol. The van der Waals surface area contributed by atoms with Crippen LogP contribution in [0.5, 0.6) is 0 Å². The van der Waals surface area contributed by atoms with E-state index in [9.17, 15) is 4.79 Å². The van der Waals surface area contributed by atoms with Gasteiger partial charge in [0, 0.05) is 24.8 Å². The van der Waals surface area contributed by atoms with Crippen molar-refractivity contribution < 1.29 is 4.79 Å². The molecule has 4 rings (SSSR count). The van der Waals surface area contributed by atoms with Crippen LogP contribution in [0.1, 0.15) is 30.4 Å². The van der Waals surface area contributed by atoms with Crippen molar-refractivity contribution in [3.05, 3.63) is 65.7 Å². The number of carbonyl (C=O) groups excluding carboxylic acids is 1. The van der Waals surface area contributed by atoms with Gasteiger partial charge in [-0.1, -0.05) is 71.7 Å². The third-order valence-corrected chi connectivity index (χ3v) is 7.27. The van der Waals surface area contributed by atoms with Gasteiger partial charge >= 0.3 is 0 Å². The Bertz CT molecular complexity index is 871. The number of amides is 1. The lowest BCUT2D eigenvalue weighted by Crippen LogP contribution is -2.59. The minimum atomic E-state index is -1.64. The second-order valence-electron chi connectivity index (χ2n) is 7.52. The van der Waals surface area contributed by atoms with Crippen LogP contribution in [0.25, 0.3) is 0 Å². The zero-order valence-corrected chi connectivity index (χ0v) is 17.5. The fraction of sp³-hybridized carbons (Fsp3) is 0.381. The number of carbonyl (C=O) groups is 1. The molecule has 2 aromatic carbocycles. The van der Waals surface area contributed by atoms with Crippen LogP contribution in [0.4, 0.5) is 5.69 Å². The molecule has 1 saturated heterocycles. The molecule has 0 radical (unpaired) electrons. The monoisotopic (exact) mass is 422 g/mol. The van der Waals surface area contributed by atoms with Gasteiger partial charge in [0.15, 0.2) is 0 Å². The van der Waals surface area contributed by atoms with Crippen molar-refractivity contribution in [3.63, 3.8) is 0 Å². The van der Waals surface area contributed by atoms with Gasteiger partial charge < -0.3 is 9.80 Å². The molecule has 2 aliphatic heterocycles. The highest BCUT2D eigenvalue weighted by Crippen LogP contribution is 2.61. The van der Waals surface area contributed by atoms with E-state index in [0.717, 1.165) is 16.8 Å². The number of hydrogen-bond donors (Lipinski definition) is 0. The number of likely N-dealkylation sites (tertiary alicyclic amines) is 1. The van der Waals surface area contributed by atoms with Crippen LogP contribution in [0.15, 0.2) is 54.6 Å². The standard InChI is InChI=1S/C21H21Cl3N2O/c1-14(2)25-13-20(21(23,24)19(25)27)18(22)16-10-6-7-11-17(16)26(20)12-15-8-4-3-5-9-15/h3-11,14,18H,12-13H2,1-2H3. The van der Waals surface area contributed by atoms with Crippen LogP contribution in [0.2, 0.25) is 0 Å². The topological polar surface area (TPSA) is 23.6 Å². The van der Waals surface area contributed by atoms with E-state index in [-0.39, 0.29) is 11.9 Å². The smallest absolute Gasteiger partial charge is 0.261 e. The number of halogens is 3. The molecule has 2 aromatic rings. The second kappa shape index (κ2) is 6.58. The molecule has 0 aromatic heterocycles. The van der Waals surface area contributed by atoms with Gasteiger partial charge in [0.1, 0.15) is 5.54 Å².